The number of nitrogens with one attached hydrogen (secondary N) is 1. The molecule has 19 heavy (non-hydrogen) atoms. The summed E-state index contributed by atoms with van der Waals surface area (Å²) in [4.78, 5) is 31.9. The van der Waals surface area contributed by atoms with Gasteiger partial charge in [-0.2, -0.15) is 0 Å². The molecule has 2 aliphatic rings. The van der Waals surface area contributed by atoms with E-state index in [1.165, 1.54) is 6.07 Å². The molecule has 1 saturated carbocycles. The Labute approximate surface area is 110 Å². The summed E-state index contributed by atoms with van der Waals surface area (Å²) in [6, 6.07) is 1.47. The first kappa shape index (κ1) is 12.2. The third-order valence-corrected chi connectivity index (χ3v) is 3.81. The molecular formula is C13H17N3O3. The van der Waals surface area contributed by atoms with Crippen LogP contribution in [0.2, 0.25) is 0 Å². The Morgan fingerprint density at radius 1 is 1.42 bits per heavy atom. The van der Waals surface area contributed by atoms with E-state index in [4.69, 9.17) is 5.11 Å². The average molecular weight is 263 g/mol. The Hall–Kier alpha value is -1.85. The number of aliphatic carboxylic acids is 1. The van der Waals surface area contributed by atoms with Gasteiger partial charge in [-0.1, -0.05) is 0 Å². The summed E-state index contributed by atoms with van der Waals surface area (Å²) >= 11 is 0. The van der Waals surface area contributed by atoms with Crippen molar-refractivity contribution in [1.29, 1.82) is 0 Å². The number of nitrogens with zero attached hydrogens (tertiary/aromatic N) is 2. The lowest BCUT2D eigenvalue weighted by Crippen LogP contribution is -2.39. The van der Waals surface area contributed by atoms with Crippen LogP contribution in [0.15, 0.2) is 10.9 Å². The van der Waals surface area contributed by atoms with Crippen molar-refractivity contribution in [1.82, 2.24) is 9.97 Å². The van der Waals surface area contributed by atoms with Gasteiger partial charge in [-0.15, -0.1) is 0 Å². The van der Waals surface area contributed by atoms with Crippen LogP contribution in [0.4, 0.5) is 5.82 Å². The summed E-state index contributed by atoms with van der Waals surface area (Å²) in [5.41, 5.74) is -0.149. The Kier molecular flexibility index (Phi) is 3.00. The summed E-state index contributed by atoms with van der Waals surface area (Å²) in [5.74, 6) is 0.625. The molecule has 0 aromatic carbocycles. The second kappa shape index (κ2) is 4.68. The second-order valence-electron chi connectivity index (χ2n) is 5.39. The van der Waals surface area contributed by atoms with E-state index >= 15 is 0 Å². The monoisotopic (exact) mass is 263 g/mol. The minimum absolute atomic E-state index is 0.149. The molecule has 1 saturated heterocycles. The molecule has 2 fully saturated rings. The number of anilines is 1. The van der Waals surface area contributed by atoms with Gasteiger partial charge in [-0.25, -0.2) is 4.98 Å². The van der Waals surface area contributed by atoms with Crippen molar-refractivity contribution in [3.05, 3.63) is 22.2 Å². The molecular weight excluding hydrogens is 246 g/mol. The van der Waals surface area contributed by atoms with Crippen LogP contribution in [0.5, 0.6) is 0 Å². The Bertz CT molecular complexity index is 550. The fourth-order valence-electron chi connectivity index (χ4n) is 2.56. The maximum absolute atomic E-state index is 11.7. The highest BCUT2D eigenvalue weighted by molar-refractivity contribution is 5.71. The number of rotatable bonds is 3. The minimum atomic E-state index is -0.767. The van der Waals surface area contributed by atoms with Gasteiger partial charge in [0.25, 0.3) is 5.56 Å². The molecule has 0 spiro atoms. The van der Waals surface area contributed by atoms with Gasteiger partial charge in [-0.3, -0.25) is 9.59 Å². The largest absolute Gasteiger partial charge is 0.481 e. The van der Waals surface area contributed by atoms with Crippen molar-refractivity contribution in [2.24, 2.45) is 5.92 Å². The fourth-order valence-corrected chi connectivity index (χ4v) is 2.56. The number of carboxylic acid groups (broad SMARTS) is 1. The van der Waals surface area contributed by atoms with Crippen molar-refractivity contribution >= 4 is 11.8 Å². The maximum atomic E-state index is 11.7. The Balaban J connectivity index is 1.84. The highest BCUT2D eigenvalue weighted by atomic mass is 16.4. The first-order valence-electron chi connectivity index (χ1n) is 6.72. The van der Waals surface area contributed by atoms with Gasteiger partial charge in [0, 0.05) is 25.1 Å². The first-order valence-corrected chi connectivity index (χ1v) is 6.72. The van der Waals surface area contributed by atoms with Crippen LogP contribution in [0.3, 0.4) is 0 Å². The summed E-state index contributed by atoms with van der Waals surface area (Å²) in [7, 11) is 0. The van der Waals surface area contributed by atoms with Gasteiger partial charge in [-0.05, 0) is 25.7 Å². The van der Waals surface area contributed by atoms with E-state index in [-0.39, 0.29) is 11.5 Å². The molecule has 0 radical (unpaired) electrons. The summed E-state index contributed by atoms with van der Waals surface area (Å²) in [6.07, 6.45) is 3.67. The molecule has 0 amide bonds. The Morgan fingerprint density at radius 3 is 2.89 bits per heavy atom. The molecule has 1 unspecified atom stereocenters. The van der Waals surface area contributed by atoms with E-state index in [2.05, 4.69) is 9.97 Å². The third kappa shape index (κ3) is 2.62. The molecule has 2 heterocycles. The Morgan fingerprint density at radius 2 is 2.21 bits per heavy atom. The lowest BCUT2D eigenvalue weighted by atomic mass is 9.98. The summed E-state index contributed by atoms with van der Waals surface area (Å²) in [5, 5.41) is 9.10. The minimum Gasteiger partial charge on any atom is -0.481 e. The number of H-pyrrole nitrogens is 1. The number of hydrogen-bond acceptors (Lipinski definition) is 4. The molecule has 3 rings (SSSR count). The van der Waals surface area contributed by atoms with Crippen LogP contribution >= 0.6 is 0 Å². The smallest absolute Gasteiger partial charge is 0.308 e. The number of piperidine rings is 1. The quantitative estimate of drug-likeness (QED) is 0.848. The zero-order valence-electron chi connectivity index (χ0n) is 10.6. The van der Waals surface area contributed by atoms with Crippen LogP contribution in [0, 0.1) is 5.92 Å². The summed E-state index contributed by atoms with van der Waals surface area (Å²) < 4.78 is 0. The number of carbonyl (C=O) groups is 1. The predicted octanol–water partition coefficient (Wildman–Crippen LogP) is 0.948. The molecule has 102 valence electrons. The average Bonchev–Trinajstić information content (AvgIpc) is 3.22. The highest BCUT2D eigenvalue weighted by Gasteiger charge is 2.29. The molecule has 2 N–H and O–H groups in total. The fraction of sp³-hybridized carbons (Fsp3) is 0.615. The van der Waals surface area contributed by atoms with Crippen LogP contribution in [-0.4, -0.2) is 34.1 Å². The van der Waals surface area contributed by atoms with Gasteiger partial charge in [0.1, 0.15) is 11.6 Å². The lowest BCUT2D eigenvalue weighted by Gasteiger charge is -2.31. The van der Waals surface area contributed by atoms with Gasteiger partial charge < -0.3 is 15.0 Å². The number of hydrogen-bond donors (Lipinski definition) is 2. The number of aromatic amines is 1. The van der Waals surface area contributed by atoms with Gasteiger partial charge >= 0.3 is 5.97 Å². The van der Waals surface area contributed by atoms with E-state index in [1.54, 1.807) is 0 Å². The van der Waals surface area contributed by atoms with Crippen molar-refractivity contribution in [3.8, 4) is 0 Å². The molecule has 1 aromatic rings. The molecule has 6 nitrogen and oxygen atoms in total. The predicted molar refractivity (Wildman–Crippen MR) is 69.4 cm³/mol. The molecule has 1 aliphatic heterocycles. The van der Waals surface area contributed by atoms with E-state index < -0.39 is 5.97 Å². The van der Waals surface area contributed by atoms with Gasteiger partial charge in [0.2, 0.25) is 0 Å². The molecule has 6 heteroatoms. The molecule has 1 aromatic heterocycles. The normalized spacial score (nSPS) is 23.4. The second-order valence-corrected chi connectivity index (χ2v) is 5.39. The summed E-state index contributed by atoms with van der Waals surface area (Å²) in [6.45, 7) is 1.21. The zero-order valence-corrected chi connectivity index (χ0v) is 10.6. The van der Waals surface area contributed by atoms with E-state index in [1.807, 2.05) is 4.90 Å². The van der Waals surface area contributed by atoms with E-state index in [9.17, 15) is 9.59 Å². The van der Waals surface area contributed by atoms with Crippen LogP contribution in [0.25, 0.3) is 0 Å². The van der Waals surface area contributed by atoms with Crippen molar-refractivity contribution in [2.45, 2.75) is 31.6 Å². The van der Waals surface area contributed by atoms with Crippen molar-refractivity contribution < 1.29 is 9.90 Å². The lowest BCUT2D eigenvalue weighted by molar-refractivity contribution is -0.141. The third-order valence-electron chi connectivity index (χ3n) is 3.81. The van der Waals surface area contributed by atoms with E-state index in [0.717, 1.165) is 31.6 Å². The zero-order chi connectivity index (χ0) is 13.4. The number of carboxylic acids is 1. The SMILES string of the molecule is O=C(O)C1CCCN(c2cc(=O)[nH]c(C3CC3)n2)C1. The van der Waals surface area contributed by atoms with Crippen LogP contribution < -0.4 is 10.5 Å². The van der Waals surface area contributed by atoms with E-state index in [0.29, 0.717) is 24.7 Å². The topological polar surface area (TPSA) is 86.3 Å². The van der Waals surface area contributed by atoms with Crippen LogP contribution in [0.1, 0.15) is 37.4 Å². The number of aromatic nitrogens is 2. The molecule has 1 atom stereocenters. The maximum Gasteiger partial charge on any atom is 0.308 e. The van der Waals surface area contributed by atoms with Gasteiger partial charge in [0.05, 0.1) is 5.92 Å². The van der Waals surface area contributed by atoms with Gasteiger partial charge in [0.15, 0.2) is 0 Å². The standard InChI is InChI=1S/C13H17N3O3/c17-11-6-10(14-12(15-11)8-3-4-8)16-5-1-2-9(7-16)13(18)19/h6,8-9H,1-5,7H2,(H,18,19)(H,14,15,17). The van der Waals surface area contributed by atoms with Crippen molar-refractivity contribution in [2.75, 3.05) is 18.0 Å². The first-order chi connectivity index (χ1) is 9.13. The van der Waals surface area contributed by atoms with Crippen molar-refractivity contribution in [3.63, 3.8) is 0 Å². The molecule has 0 bridgehead atoms. The molecule has 1 aliphatic carbocycles. The van der Waals surface area contributed by atoms with Crippen LogP contribution in [-0.2, 0) is 4.79 Å². The highest BCUT2D eigenvalue weighted by Crippen LogP contribution is 2.38.